The Balaban J connectivity index is -0.000000158. The fourth-order valence-electron chi connectivity index (χ4n) is 1.11. The fraction of sp³-hybridized carbons (Fsp3) is 0.429. The summed E-state index contributed by atoms with van der Waals surface area (Å²) in [6.07, 6.45) is 0. The highest BCUT2D eigenvalue weighted by molar-refractivity contribution is 5.30. The smallest absolute Gasteiger partial charge is 0.127 e. The van der Waals surface area contributed by atoms with Crippen LogP contribution >= 0.6 is 0 Å². The quantitative estimate of drug-likeness (QED) is 0.543. The van der Waals surface area contributed by atoms with Crippen LogP contribution in [0.15, 0.2) is 60.7 Å². The highest BCUT2D eigenvalue weighted by Gasteiger charge is 1.92. The minimum Gasteiger partial charge on any atom is -0.457 e. The van der Waals surface area contributed by atoms with Crippen molar-refractivity contribution in [2.45, 2.75) is 62.8 Å². The highest BCUT2D eigenvalue weighted by Crippen LogP contribution is 2.19. The molecule has 0 fully saturated rings. The maximum atomic E-state index is 5.58. The minimum absolute atomic E-state index is 0. The van der Waals surface area contributed by atoms with Gasteiger partial charge in [0.25, 0.3) is 0 Å². The van der Waals surface area contributed by atoms with Gasteiger partial charge in [-0.1, -0.05) is 99.2 Å². The molecule has 0 aliphatic rings. The Morgan fingerprint density at radius 3 is 0.909 bits per heavy atom. The van der Waals surface area contributed by atoms with Gasteiger partial charge in [-0.05, 0) is 24.3 Å². The Bertz CT molecular complexity index is 317. The fourth-order valence-corrected chi connectivity index (χ4v) is 1.11. The lowest BCUT2D eigenvalue weighted by atomic mass is 10.3. The minimum atomic E-state index is 0. The van der Waals surface area contributed by atoms with E-state index < -0.39 is 0 Å². The van der Waals surface area contributed by atoms with E-state index in [9.17, 15) is 0 Å². The molecule has 2 aromatic carbocycles. The standard InChI is InChI=1S/C12H10O.4C2H6.CH4/c1-3-7-11(8-4-1)13-12-9-5-2-6-10-12;4*1-2;/h1-10H;4*1-2H3;1H4. The molecule has 1 heteroatoms. The Morgan fingerprint density at radius 2 is 0.682 bits per heavy atom. The third-order valence-electron chi connectivity index (χ3n) is 1.72. The van der Waals surface area contributed by atoms with Crippen molar-refractivity contribution in [2.75, 3.05) is 0 Å². The summed E-state index contributed by atoms with van der Waals surface area (Å²) in [6.45, 7) is 16.0. The molecule has 0 saturated heterocycles. The van der Waals surface area contributed by atoms with Crippen LogP contribution in [-0.4, -0.2) is 0 Å². The summed E-state index contributed by atoms with van der Waals surface area (Å²) in [5.74, 6) is 1.74. The van der Waals surface area contributed by atoms with Crippen LogP contribution in [-0.2, 0) is 0 Å². The zero-order chi connectivity index (χ0) is 16.9. The van der Waals surface area contributed by atoms with Crippen molar-refractivity contribution in [3.05, 3.63) is 60.7 Å². The first-order valence-corrected chi connectivity index (χ1v) is 8.23. The topological polar surface area (TPSA) is 9.23 Å². The number of hydrogen-bond donors (Lipinski definition) is 0. The Kier molecular flexibility index (Phi) is 35.6. The second-order valence-corrected chi connectivity index (χ2v) is 2.73. The molecule has 0 heterocycles. The van der Waals surface area contributed by atoms with E-state index in [0.717, 1.165) is 11.5 Å². The van der Waals surface area contributed by atoms with Crippen LogP contribution in [0, 0.1) is 0 Å². The van der Waals surface area contributed by atoms with Crippen LogP contribution in [0.25, 0.3) is 0 Å². The van der Waals surface area contributed by atoms with Gasteiger partial charge in [-0.2, -0.15) is 0 Å². The SMILES string of the molecule is C.CC.CC.CC.CC.c1ccc(Oc2ccccc2)cc1. The summed E-state index contributed by atoms with van der Waals surface area (Å²) in [5, 5.41) is 0. The van der Waals surface area contributed by atoms with Gasteiger partial charge in [-0.25, -0.2) is 0 Å². The van der Waals surface area contributed by atoms with Crippen LogP contribution in [0.3, 0.4) is 0 Å². The summed E-state index contributed by atoms with van der Waals surface area (Å²) in [4.78, 5) is 0. The van der Waals surface area contributed by atoms with Gasteiger partial charge >= 0.3 is 0 Å². The van der Waals surface area contributed by atoms with E-state index in [1.165, 1.54) is 0 Å². The van der Waals surface area contributed by atoms with E-state index >= 15 is 0 Å². The monoisotopic (exact) mass is 306 g/mol. The lowest BCUT2D eigenvalue weighted by Crippen LogP contribution is -1.81. The summed E-state index contributed by atoms with van der Waals surface area (Å²) in [5.41, 5.74) is 0. The highest BCUT2D eigenvalue weighted by atomic mass is 16.5. The van der Waals surface area contributed by atoms with Crippen LogP contribution in [0.1, 0.15) is 62.8 Å². The second kappa shape index (κ2) is 27.6. The zero-order valence-corrected chi connectivity index (χ0v) is 15.2. The number of rotatable bonds is 2. The molecule has 0 amide bonds. The molecule has 22 heavy (non-hydrogen) atoms. The molecule has 1 nitrogen and oxygen atoms in total. The summed E-state index contributed by atoms with van der Waals surface area (Å²) in [7, 11) is 0. The van der Waals surface area contributed by atoms with Crippen molar-refractivity contribution in [1.82, 2.24) is 0 Å². The number of para-hydroxylation sites is 2. The molecular formula is C21H38O. The normalized spacial score (nSPS) is 6.73. The molecule has 2 rings (SSSR count). The van der Waals surface area contributed by atoms with E-state index in [0.29, 0.717) is 0 Å². The average molecular weight is 307 g/mol. The van der Waals surface area contributed by atoms with Crippen molar-refractivity contribution < 1.29 is 4.74 Å². The molecule has 0 unspecified atom stereocenters. The Labute approximate surface area is 140 Å². The summed E-state index contributed by atoms with van der Waals surface area (Å²) in [6, 6.07) is 19.5. The molecule has 2 aromatic rings. The van der Waals surface area contributed by atoms with Crippen LogP contribution in [0.2, 0.25) is 0 Å². The van der Waals surface area contributed by atoms with E-state index in [4.69, 9.17) is 4.74 Å². The second-order valence-electron chi connectivity index (χ2n) is 2.73. The molecule has 0 radical (unpaired) electrons. The lowest BCUT2D eigenvalue weighted by Gasteiger charge is -2.03. The maximum absolute atomic E-state index is 5.58. The molecule has 0 bridgehead atoms. The van der Waals surface area contributed by atoms with Gasteiger partial charge in [-0.15, -0.1) is 0 Å². The first-order chi connectivity index (χ1) is 10.4. The predicted octanol–water partition coefficient (Wildman–Crippen LogP) is 8.22. The van der Waals surface area contributed by atoms with Gasteiger partial charge in [0.1, 0.15) is 11.5 Å². The van der Waals surface area contributed by atoms with Crippen LogP contribution in [0.5, 0.6) is 11.5 Å². The van der Waals surface area contributed by atoms with Crippen LogP contribution in [0.4, 0.5) is 0 Å². The number of ether oxygens (including phenoxy) is 1. The first kappa shape index (κ1) is 28.4. The summed E-state index contributed by atoms with van der Waals surface area (Å²) >= 11 is 0. The van der Waals surface area contributed by atoms with Crippen molar-refractivity contribution in [1.29, 1.82) is 0 Å². The van der Waals surface area contributed by atoms with Gasteiger partial charge in [-0.3, -0.25) is 0 Å². The predicted molar refractivity (Wildman–Crippen MR) is 105 cm³/mol. The Hall–Kier alpha value is -1.76. The first-order valence-electron chi connectivity index (χ1n) is 8.23. The largest absolute Gasteiger partial charge is 0.457 e. The average Bonchev–Trinajstić information content (AvgIpc) is 2.64. The molecule has 128 valence electrons. The third-order valence-corrected chi connectivity index (χ3v) is 1.72. The maximum Gasteiger partial charge on any atom is 0.127 e. The molecule has 0 aromatic heterocycles. The zero-order valence-electron chi connectivity index (χ0n) is 15.2. The van der Waals surface area contributed by atoms with E-state index in [2.05, 4.69) is 0 Å². The van der Waals surface area contributed by atoms with E-state index in [-0.39, 0.29) is 7.43 Å². The van der Waals surface area contributed by atoms with E-state index in [1.54, 1.807) is 0 Å². The number of benzene rings is 2. The molecule has 0 spiro atoms. The Morgan fingerprint density at radius 1 is 0.455 bits per heavy atom. The van der Waals surface area contributed by atoms with Gasteiger partial charge in [0.15, 0.2) is 0 Å². The molecule has 0 atom stereocenters. The van der Waals surface area contributed by atoms with Gasteiger partial charge in [0.05, 0.1) is 0 Å². The number of hydrogen-bond acceptors (Lipinski definition) is 1. The van der Waals surface area contributed by atoms with Gasteiger partial charge < -0.3 is 4.74 Å². The van der Waals surface area contributed by atoms with Gasteiger partial charge in [0, 0.05) is 0 Å². The lowest BCUT2D eigenvalue weighted by molar-refractivity contribution is 0.482. The molecule has 0 aliphatic carbocycles. The molecule has 0 aliphatic heterocycles. The van der Waals surface area contributed by atoms with Crippen LogP contribution < -0.4 is 4.74 Å². The van der Waals surface area contributed by atoms with Crippen molar-refractivity contribution in [3.63, 3.8) is 0 Å². The van der Waals surface area contributed by atoms with Crippen molar-refractivity contribution in [3.8, 4) is 11.5 Å². The third kappa shape index (κ3) is 16.3. The summed E-state index contributed by atoms with van der Waals surface area (Å²) < 4.78 is 5.58. The molecule has 0 saturated carbocycles. The molecule has 0 N–H and O–H groups in total. The van der Waals surface area contributed by atoms with Crippen molar-refractivity contribution in [2.24, 2.45) is 0 Å². The van der Waals surface area contributed by atoms with Gasteiger partial charge in [0.2, 0.25) is 0 Å². The van der Waals surface area contributed by atoms with Crippen molar-refractivity contribution >= 4 is 0 Å². The molecular weight excluding hydrogens is 268 g/mol. The van der Waals surface area contributed by atoms with E-state index in [1.807, 2.05) is 116 Å².